The summed E-state index contributed by atoms with van der Waals surface area (Å²) in [4.78, 5) is 10.9. The van der Waals surface area contributed by atoms with Crippen LogP contribution in [0, 0.1) is 0 Å². The average molecular weight is 353 g/mol. The largest absolute Gasteiger partial charge is 0.442 e. The number of hydrazone groups is 1. The quantitative estimate of drug-likeness (QED) is 0.885. The number of ether oxygens (including phenoxy) is 1. The standard InChI is InChI=1S/C15H14F3N5O2/c1-23-7-9(6-20-23)5-19-12-3-2-10(4-11(12)15(16,17)18)13-8-25-14(24)22-21-13/h2-4,6-7,19H,5,8H2,1H3,(H,22,24). The fourth-order valence-electron chi connectivity index (χ4n) is 2.33. The van der Waals surface area contributed by atoms with Gasteiger partial charge < -0.3 is 10.1 Å². The molecule has 1 aliphatic heterocycles. The van der Waals surface area contributed by atoms with Crippen LogP contribution in [0.25, 0.3) is 0 Å². The number of aromatic nitrogens is 2. The van der Waals surface area contributed by atoms with E-state index in [4.69, 9.17) is 4.74 Å². The number of rotatable bonds is 4. The minimum absolute atomic E-state index is 0.0542. The number of carbonyl (C=O) groups excluding carboxylic acids is 1. The first-order valence-electron chi connectivity index (χ1n) is 7.25. The Labute approximate surface area is 140 Å². The van der Waals surface area contributed by atoms with Crippen molar-refractivity contribution < 1.29 is 22.7 Å². The van der Waals surface area contributed by atoms with Crippen LogP contribution >= 0.6 is 0 Å². The van der Waals surface area contributed by atoms with Crippen molar-refractivity contribution in [2.45, 2.75) is 12.7 Å². The number of nitrogens with zero attached hydrogens (tertiary/aromatic N) is 3. The zero-order chi connectivity index (χ0) is 18.0. The lowest BCUT2D eigenvalue weighted by Gasteiger charge is -2.18. The summed E-state index contributed by atoms with van der Waals surface area (Å²) in [5, 5.41) is 10.5. The Morgan fingerprint density at radius 3 is 2.80 bits per heavy atom. The lowest BCUT2D eigenvalue weighted by molar-refractivity contribution is -0.137. The molecule has 1 aromatic heterocycles. The fourth-order valence-corrected chi connectivity index (χ4v) is 2.33. The number of aryl methyl sites for hydroxylation is 1. The van der Waals surface area contributed by atoms with Gasteiger partial charge in [-0.25, -0.2) is 10.2 Å². The third kappa shape index (κ3) is 3.90. The monoisotopic (exact) mass is 353 g/mol. The highest BCUT2D eigenvalue weighted by atomic mass is 19.4. The van der Waals surface area contributed by atoms with Crippen molar-refractivity contribution >= 4 is 17.5 Å². The van der Waals surface area contributed by atoms with Crippen LogP contribution in [0.1, 0.15) is 16.7 Å². The van der Waals surface area contributed by atoms with E-state index in [1.54, 1.807) is 24.1 Å². The Morgan fingerprint density at radius 2 is 2.20 bits per heavy atom. The molecule has 2 aromatic rings. The topological polar surface area (TPSA) is 80.5 Å². The molecule has 1 aromatic carbocycles. The molecule has 0 aliphatic carbocycles. The van der Waals surface area contributed by atoms with Crippen molar-refractivity contribution in [1.82, 2.24) is 15.2 Å². The molecule has 25 heavy (non-hydrogen) atoms. The predicted octanol–water partition coefficient (Wildman–Crippen LogP) is 2.49. The average Bonchev–Trinajstić information content (AvgIpc) is 2.98. The van der Waals surface area contributed by atoms with Crippen molar-refractivity contribution in [3.63, 3.8) is 0 Å². The number of hydrogen-bond acceptors (Lipinski definition) is 5. The number of hydrogen-bond donors (Lipinski definition) is 2. The molecular formula is C15H14F3N5O2. The number of nitrogens with one attached hydrogen (secondary N) is 2. The van der Waals surface area contributed by atoms with Crippen LogP contribution in [-0.2, 0) is 24.5 Å². The van der Waals surface area contributed by atoms with Gasteiger partial charge in [-0.05, 0) is 12.1 Å². The van der Waals surface area contributed by atoms with Crippen molar-refractivity contribution in [1.29, 1.82) is 0 Å². The van der Waals surface area contributed by atoms with E-state index in [2.05, 4.69) is 20.9 Å². The zero-order valence-corrected chi connectivity index (χ0v) is 13.1. The summed E-state index contributed by atoms with van der Waals surface area (Å²) in [5.41, 5.74) is 2.38. The van der Waals surface area contributed by atoms with Crippen LogP contribution in [0.4, 0.5) is 23.7 Å². The van der Waals surface area contributed by atoms with Crippen molar-refractivity contribution in [2.24, 2.45) is 12.1 Å². The van der Waals surface area contributed by atoms with E-state index < -0.39 is 17.8 Å². The molecule has 0 bridgehead atoms. The lowest BCUT2D eigenvalue weighted by atomic mass is 10.0. The summed E-state index contributed by atoms with van der Waals surface area (Å²) in [5.74, 6) is 0. The van der Waals surface area contributed by atoms with E-state index in [0.717, 1.165) is 11.6 Å². The summed E-state index contributed by atoms with van der Waals surface area (Å²) < 4.78 is 46.5. The molecule has 0 atom stereocenters. The number of carbonyl (C=O) groups is 1. The molecule has 0 spiro atoms. The first-order valence-corrected chi connectivity index (χ1v) is 7.25. The SMILES string of the molecule is Cn1cc(CNc2ccc(C3=NNC(=O)OC3)cc2C(F)(F)F)cn1. The van der Waals surface area contributed by atoms with Crippen LogP contribution < -0.4 is 10.7 Å². The first kappa shape index (κ1) is 16.8. The van der Waals surface area contributed by atoms with Crippen molar-refractivity contribution in [3.8, 4) is 0 Å². The lowest BCUT2D eigenvalue weighted by Crippen LogP contribution is -2.30. The maximum absolute atomic E-state index is 13.4. The fraction of sp³-hybridized carbons (Fsp3) is 0.267. The highest BCUT2D eigenvalue weighted by Gasteiger charge is 2.34. The van der Waals surface area contributed by atoms with E-state index in [0.29, 0.717) is 0 Å². The second-order valence-electron chi connectivity index (χ2n) is 5.38. The smallest absolute Gasteiger partial charge is 0.428 e. The molecule has 2 N–H and O–H groups in total. The number of halogens is 3. The van der Waals surface area contributed by atoms with Gasteiger partial charge in [-0.1, -0.05) is 6.07 Å². The number of anilines is 1. The third-order valence-corrected chi connectivity index (χ3v) is 3.52. The molecule has 10 heteroatoms. The van der Waals surface area contributed by atoms with Gasteiger partial charge in [0, 0.05) is 36.6 Å². The summed E-state index contributed by atoms with van der Waals surface area (Å²) in [6.45, 7) is 0.0158. The molecular weight excluding hydrogens is 339 g/mol. The molecule has 1 aliphatic rings. The second kappa shape index (κ2) is 6.46. The van der Waals surface area contributed by atoms with Gasteiger partial charge in [-0.3, -0.25) is 4.68 Å². The Morgan fingerprint density at radius 1 is 1.40 bits per heavy atom. The zero-order valence-electron chi connectivity index (χ0n) is 13.1. The molecule has 0 unspecified atom stereocenters. The summed E-state index contributed by atoms with van der Waals surface area (Å²) >= 11 is 0. The van der Waals surface area contributed by atoms with Crippen molar-refractivity contribution in [2.75, 3.05) is 11.9 Å². The Balaban J connectivity index is 1.86. The maximum atomic E-state index is 13.4. The van der Waals surface area contributed by atoms with E-state index in [1.165, 1.54) is 12.1 Å². The number of amides is 1. The summed E-state index contributed by atoms with van der Waals surface area (Å²) in [6.07, 6.45) is -2.00. The molecule has 0 saturated carbocycles. The molecule has 7 nitrogen and oxygen atoms in total. The van der Waals surface area contributed by atoms with Crippen LogP contribution in [0.15, 0.2) is 35.7 Å². The first-order chi connectivity index (χ1) is 11.8. The van der Waals surface area contributed by atoms with Gasteiger partial charge in [0.15, 0.2) is 0 Å². The van der Waals surface area contributed by atoms with E-state index in [9.17, 15) is 18.0 Å². The third-order valence-electron chi connectivity index (χ3n) is 3.52. The molecule has 2 heterocycles. The van der Waals surface area contributed by atoms with Crippen LogP contribution in [0.3, 0.4) is 0 Å². The summed E-state index contributed by atoms with van der Waals surface area (Å²) in [6, 6.07) is 3.79. The highest BCUT2D eigenvalue weighted by molar-refractivity contribution is 6.04. The minimum atomic E-state index is -4.55. The van der Waals surface area contributed by atoms with Crippen LogP contribution in [0.2, 0.25) is 0 Å². The number of benzene rings is 1. The molecule has 0 radical (unpaired) electrons. The minimum Gasteiger partial charge on any atom is -0.442 e. The molecule has 1 amide bonds. The van der Waals surface area contributed by atoms with E-state index >= 15 is 0 Å². The second-order valence-corrected chi connectivity index (χ2v) is 5.38. The van der Waals surface area contributed by atoms with Gasteiger partial charge in [0.25, 0.3) is 0 Å². The number of alkyl halides is 3. The van der Waals surface area contributed by atoms with Gasteiger partial charge in [-0.15, -0.1) is 0 Å². The van der Waals surface area contributed by atoms with Gasteiger partial charge in [0.2, 0.25) is 0 Å². The van der Waals surface area contributed by atoms with Gasteiger partial charge in [-0.2, -0.15) is 23.4 Å². The predicted molar refractivity (Wildman–Crippen MR) is 83.0 cm³/mol. The Bertz CT molecular complexity index is 829. The Kier molecular flexibility index (Phi) is 4.34. The summed E-state index contributed by atoms with van der Waals surface area (Å²) in [7, 11) is 1.73. The molecule has 3 rings (SSSR count). The van der Waals surface area contributed by atoms with Crippen LogP contribution in [-0.4, -0.2) is 28.2 Å². The van der Waals surface area contributed by atoms with E-state index in [-0.39, 0.29) is 30.1 Å². The van der Waals surface area contributed by atoms with Crippen molar-refractivity contribution in [3.05, 3.63) is 47.3 Å². The maximum Gasteiger partial charge on any atom is 0.428 e. The number of cyclic esters (lactones) is 1. The Hall–Kier alpha value is -3.04. The van der Waals surface area contributed by atoms with Crippen LogP contribution in [0.5, 0.6) is 0 Å². The van der Waals surface area contributed by atoms with Gasteiger partial charge >= 0.3 is 12.3 Å². The molecule has 0 saturated heterocycles. The van der Waals surface area contributed by atoms with Gasteiger partial charge in [0.1, 0.15) is 12.3 Å². The molecule has 132 valence electrons. The highest BCUT2D eigenvalue weighted by Crippen LogP contribution is 2.36. The molecule has 0 fully saturated rings. The van der Waals surface area contributed by atoms with E-state index in [1.807, 2.05) is 0 Å². The normalized spacial score (nSPS) is 14.6. The van der Waals surface area contributed by atoms with Gasteiger partial charge in [0.05, 0.1) is 11.8 Å².